The van der Waals surface area contributed by atoms with Gasteiger partial charge in [0.15, 0.2) is 11.5 Å². The molecule has 2 aliphatic rings. The van der Waals surface area contributed by atoms with Gasteiger partial charge in [0.25, 0.3) is 0 Å². The van der Waals surface area contributed by atoms with E-state index in [1.807, 2.05) is 13.1 Å². The molecule has 0 saturated heterocycles. The summed E-state index contributed by atoms with van der Waals surface area (Å²) in [5, 5.41) is 3.32. The highest BCUT2D eigenvalue weighted by molar-refractivity contribution is 5.95. The normalized spacial score (nSPS) is 17.6. The Morgan fingerprint density at radius 1 is 1.50 bits per heavy atom. The quantitative estimate of drug-likeness (QED) is 0.673. The van der Waals surface area contributed by atoms with Crippen LogP contribution in [0.25, 0.3) is 6.08 Å². The largest absolute Gasteiger partial charge is 0.451 e. The molecule has 0 amide bonds. The predicted octanol–water partition coefficient (Wildman–Crippen LogP) is 1.54. The van der Waals surface area contributed by atoms with Crippen LogP contribution in [0.5, 0.6) is 0 Å². The lowest BCUT2D eigenvalue weighted by molar-refractivity contribution is 0.547. The van der Waals surface area contributed by atoms with E-state index in [0.717, 1.165) is 29.4 Å². The molecule has 0 fully saturated rings. The molecule has 3 heterocycles. The van der Waals surface area contributed by atoms with E-state index in [1.165, 1.54) is 0 Å². The SMILES string of the molecule is CN1CN=Cc2oc3c(c21)NCC=C3. The van der Waals surface area contributed by atoms with Crippen molar-refractivity contribution in [2.45, 2.75) is 0 Å². The number of furan rings is 1. The lowest BCUT2D eigenvalue weighted by Gasteiger charge is -2.21. The minimum Gasteiger partial charge on any atom is -0.451 e. The lowest BCUT2D eigenvalue weighted by atomic mass is 10.2. The van der Waals surface area contributed by atoms with Crippen molar-refractivity contribution in [1.29, 1.82) is 0 Å². The average molecular weight is 189 g/mol. The van der Waals surface area contributed by atoms with E-state index in [-0.39, 0.29) is 0 Å². The minimum absolute atomic E-state index is 0.699. The summed E-state index contributed by atoms with van der Waals surface area (Å²) in [5.41, 5.74) is 2.22. The molecular formula is C10H11N3O. The van der Waals surface area contributed by atoms with Crippen LogP contribution in [0.1, 0.15) is 11.5 Å². The van der Waals surface area contributed by atoms with Crippen molar-refractivity contribution in [2.75, 3.05) is 30.5 Å². The summed E-state index contributed by atoms with van der Waals surface area (Å²) in [6.07, 6.45) is 5.85. The van der Waals surface area contributed by atoms with Crippen molar-refractivity contribution in [3.8, 4) is 0 Å². The second-order valence-corrected chi connectivity index (χ2v) is 3.49. The first kappa shape index (κ1) is 7.67. The Labute approximate surface area is 81.9 Å². The summed E-state index contributed by atoms with van der Waals surface area (Å²) in [5.74, 6) is 1.75. The third-order valence-electron chi connectivity index (χ3n) is 2.49. The molecule has 1 aromatic rings. The first-order chi connectivity index (χ1) is 6.86. The van der Waals surface area contributed by atoms with Crippen LogP contribution in [0.4, 0.5) is 11.4 Å². The maximum atomic E-state index is 5.66. The fraction of sp³-hybridized carbons (Fsp3) is 0.300. The van der Waals surface area contributed by atoms with Gasteiger partial charge in [0.1, 0.15) is 18.0 Å². The van der Waals surface area contributed by atoms with Gasteiger partial charge in [-0.3, -0.25) is 4.99 Å². The number of nitrogens with zero attached hydrogens (tertiary/aromatic N) is 2. The molecule has 0 aromatic carbocycles. The Bertz CT molecular complexity index is 431. The van der Waals surface area contributed by atoms with Gasteiger partial charge in [-0.1, -0.05) is 6.08 Å². The van der Waals surface area contributed by atoms with E-state index in [1.54, 1.807) is 6.21 Å². The molecule has 0 aliphatic carbocycles. The van der Waals surface area contributed by atoms with Gasteiger partial charge >= 0.3 is 0 Å². The van der Waals surface area contributed by atoms with E-state index in [0.29, 0.717) is 6.67 Å². The molecular weight excluding hydrogens is 178 g/mol. The molecule has 72 valence electrons. The number of hydrogen-bond acceptors (Lipinski definition) is 4. The molecule has 4 heteroatoms. The third kappa shape index (κ3) is 0.907. The topological polar surface area (TPSA) is 40.8 Å². The zero-order valence-corrected chi connectivity index (χ0v) is 7.95. The van der Waals surface area contributed by atoms with Crippen LogP contribution in [0.2, 0.25) is 0 Å². The average Bonchev–Trinajstić information content (AvgIpc) is 2.57. The maximum Gasteiger partial charge on any atom is 0.170 e. The molecule has 0 bridgehead atoms. The lowest BCUT2D eigenvalue weighted by Crippen LogP contribution is -2.22. The van der Waals surface area contributed by atoms with Crippen molar-refractivity contribution in [1.82, 2.24) is 0 Å². The molecule has 2 aliphatic heterocycles. The standard InChI is InChI=1S/C10H11N3O/c1-13-6-11-5-8-10(13)9-7(14-8)3-2-4-12-9/h2-3,5,12H,4,6H2,1H3. The van der Waals surface area contributed by atoms with Gasteiger partial charge in [0, 0.05) is 13.6 Å². The van der Waals surface area contributed by atoms with Gasteiger partial charge in [-0.15, -0.1) is 0 Å². The molecule has 0 spiro atoms. The minimum atomic E-state index is 0.699. The predicted molar refractivity (Wildman–Crippen MR) is 57.1 cm³/mol. The van der Waals surface area contributed by atoms with Crippen molar-refractivity contribution in [3.05, 3.63) is 17.6 Å². The number of nitrogens with one attached hydrogen (secondary N) is 1. The highest BCUT2D eigenvalue weighted by Gasteiger charge is 2.23. The van der Waals surface area contributed by atoms with Crippen LogP contribution < -0.4 is 10.2 Å². The van der Waals surface area contributed by atoms with Gasteiger partial charge in [-0.2, -0.15) is 0 Å². The molecule has 0 atom stereocenters. The van der Waals surface area contributed by atoms with Gasteiger partial charge < -0.3 is 14.6 Å². The van der Waals surface area contributed by atoms with Crippen molar-refractivity contribution < 1.29 is 4.42 Å². The molecule has 3 rings (SSSR count). The summed E-state index contributed by atoms with van der Waals surface area (Å²) in [6.45, 7) is 1.56. The van der Waals surface area contributed by atoms with Crippen LogP contribution in [-0.2, 0) is 0 Å². The van der Waals surface area contributed by atoms with Crippen molar-refractivity contribution in [3.63, 3.8) is 0 Å². The summed E-state index contributed by atoms with van der Waals surface area (Å²) in [6, 6.07) is 0. The third-order valence-corrected chi connectivity index (χ3v) is 2.49. The molecule has 1 aromatic heterocycles. The number of rotatable bonds is 0. The molecule has 14 heavy (non-hydrogen) atoms. The Morgan fingerprint density at radius 3 is 3.36 bits per heavy atom. The van der Waals surface area contributed by atoms with E-state index in [9.17, 15) is 0 Å². The summed E-state index contributed by atoms with van der Waals surface area (Å²) in [4.78, 5) is 6.29. The molecule has 1 N–H and O–H groups in total. The highest BCUT2D eigenvalue weighted by atomic mass is 16.3. The number of fused-ring (bicyclic) bond motifs is 3. The molecule has 0 radical (unpaired) electrons. The van der Waals surface area contributed by atoms with Gasteiger partial charge in [0.05, 0.1) is 6.21 Å². The van der Waals surface area contributed by atoms with Crippen LogP contribution in [-0.4, -0.2) is 26.5 Å². The summed E-state index contributed by atoms with van der Waals surface area (Å²) >= 11 is 0. The Kier molecular flexibility index (Phi) is 1.45. The summed E-state index contributed by atoms with van der Waals surface area (Å²) < 4.78 is 5.66. The van der Waals surface area contributed by atoms with Crippen LogP contribution in [0.15, 0.2) is 15.5 Å². The highest BCUT2D eigenvalue weighted by Crippen LogP contribution is 2.38. The molecule has 4 nitrogen and oxygen atoms in total. The first-order valence-electron chi connectivity index (χ1n) is 4.64. The van der Waals surface area contributed by atoms with E-state index < -0.39 is 0 Å². The molecule has 0 saturated carbocycles. The first-order valence-corrected chi connectivity index (χ1v) is 4.64. The fourth-order valence-electron chi connectivity index (χ4n) is 1.86. The fourth-order valence-corrected chi connectivity index (χ4v) is 1.86. The zero-order valence-electron chi connectivity index (χ0n) is 7.95. The van der Waals surface area contributed by atoms with Crippen LogP contribution >= 0.6 is 0 Å². The van der Waals surface area contributed by atoms with Crippen molar-refractivity contribution >= 4 is 23.7 Å². The number of hydrogen-bond donors (Lipinski definition) is 1. The van der Waals surface area contributed by atoms with Gasteiger partial charge in [-0.05, 0) is 6.08 Å². The van der Waals surface area contributed by atoms with Crippen LogP contribution in [0, 0.1) is 0 Å². The number of aliphatic imine (C=N–C) groups is 1. The van der Waals surface area contributed by atoms with Gasteiger partial charge in [0.2, 0.25) is 0 Å². The van der Waals surface area contributed by atoms with Gasteiger partial charge in [-0.25, -0.2) is 0 Å². The molecule has 0 unspecified atom stereocenters. The summed E-state index contributed by atoms with van der Waals surface area (Å²) in [7, 11) is 2.02. The Morgan fingerprint density at radius 2 is 2.43 bits per heavy atom. The second-order valence-electron chi connectivity index (χ2n) is 3.49. The van der Waals surface area contributed by atoms with Crippen LogP contribution in [0.3, 0.4) is 0 Å². The van der Waals surface area contributed by atoms with E-state index >= 15 is 0 Å². The Balaban J connectivity index is 2.23. The van der Waals surface area contributed by atoms with E-state index in [2.05, 4.69) is 21.3 Å². The van der Waals surface area contributed by atoms with Crippen molar-refractivity contribution in [2.24, 2.45) is 4.99 Å². The van der Waals surface area contributed by atoms with E-state index in [4.69, 9.17) is 4.42 Å². The smallest absolute Gasteiger partial charge is 0.170 e. The monoisotopic (exact) mass is 189 g/mol. The Hall–Kier alpha value is -1.71. The maximum absolute atomic E-state index is 5.66. The second kappa shape index (κ2) is 2.64. The zero-order chi connectivity index (χ0) is 9.54. The number of anilines is 2.